The first-order valence-electron chi connectivity index (χ1n) is 7.39. The molecule has 5 nitrogen and oxygen atoms in total. The van der Waals surface area contributed by atoms with Crippen molar-refractivity contribution in [2.24, 2.45) is 0 Å². The highest BCUT2D eigenvalue weighted by Gasteiger charge is 2.40. The molecular weight excluding hydrogens is 306 g/mol. The van der Waals surface area contributed by atoms with E-state index in [1.165, 1.54) is 0 Å². The SMILES string of the molecule is CCOc1c(Cl)cccc1CC(=O)NC1(CC(=O)O)CCC1. The molecule has 2 rings (SSSR count). The van der Waals surface area contributed by atoms with Gasteiger partial charge in [-0.3, -0.25) is 9.59 Å². The molecule has 6 heteroatoms. The number of halogens is 1. The first-order valence-corrected chi connectivity index (χ1v) is 7.76. The van der Waals surface area contributed by atoms with Crippen LogP contribution in [0.5, 0.6) is 5.75 Å². The van der Waals surface area contributed by atoms with E-state index in [2.05, 4.69) is 5.32 Å². The van der Waals surface area contributed by atoms with E-state index in [1.54, 1.807) is 18.2 Å². The van der Waals surface area contributed by atoms with Gasteiger partial charge in [0.1, 0.15) is 5.75 Å². The summed E-state index contributed by atoms with van der Waals surface area (Å²) in [6.45, 7) is 2.31. The maximum absolute atomic E-state index is 12.3. The third-order valence-corrected chi connectivity index (χ3v) is 4.19. The fraction of sp³-hybridized carbons (Fsp3) is 0.500. The summed E-state index contributed by atoms with van der Waals surface area (Å²) in [6.07, 6.45) is 2.44. The Hall–Kier alpha value is -1.75. The summed E-state index contributed by atoms with van der Waals surface area (Å²) in [5.41, 5.74) is 0.115. The summed E-state index contributed by atoms with van der Waals surface area (Å²) in [4.78, 5) is 23.2. The van der Waals surface area contributed by atoms with Crippen molar-refractivity contribution in [1.82, 2.24) is 5.32 Å². The molecule has 0 unspecified atom stereocenters. The second kappa shape index (κ2) is 7.01. The van der Waals surface area contributed by atoms with E-state index in [4.69, 9.17) is 21.4 Å². The Morgan fingerprint density at radius 3 is 2.68 bits per heavy atom. The number of carbonyl (C=O) groups excluding carboxylic acids is 1. The number of carboxylic acid groups (broad SMARTS) is 1. The van der Waals surface area contributed by atoms with Crippen LogP contribution in [0.3, 0.4) is 0 Å². The Labute approximate surface area is 134 Å². The van der Waals surface area contributed by atoms with Crippen molar-refractivity contribution < 1.29 is 19.4 Å². The Morgan fingerprint density at radius 2 is 2.14 bits per heavy atom. The van der Waals surface area contributed by atoms with E-state index in [1.807, 2.05) is 6.92 Å². The number of carboxylic acids is 1. The van der Waals surface area contributed by atoms with Crippen LogP contribution >= 0.6 is 11.6 Å². The van der Waals surface area contributed by atoms with Crippen LogP contribution in [0.1, 0.15) is 38.2 Å². The van der Waals surface area contributed by atoms with Gasteiger partial charge in [0.25, 0.3) is 0 Å². The fourth-order valence-corrected chi connectivity index (χ4v) is 3.00. The third-order valence-electron chi connectivity index (χ3n) is 3.89. The van der Waals surface area contributed by atoms with Crippen LogP contribution in [0.15, 0.2) is 18.2 Å². The van der Waals surface area contributed by atoms with Crippen molar-refractivity contribution in [3.8, 4) is 5.75 Å². The van der Waals surface area contributed by atoms with Crippen LogP contribution in [0.25, 0.3) is 0 Å². The number of carbonyl (C=O) groups is 2. The summed E-state index contributed by atoms with van der Waals surface area (Å²) in [7, 11) is 0. The zero-order valence-corrected chi connectivity index (χ0v) is 13.3. The number of benzene rings is 1. The van der Waals surface area contributed by atoms with Gasteiger partial charge in [-0.25, -0.2) is 0 Å². The minimum absolute atomic E-state index is 0.0351. The van der Waals surface area contributed by atoms with E-state index in [-0.39, 0.29) is 18.7 Å². The second-order valence-corrected chi connectivity index (χ2v) is 6.00. The van der Waals surface area contributed by atoms with Gasteiger partial charge in [0.05, 0.1) is 30.0 Å². The number of para-hydroxylation sites is 1. The van der Waals surface area contributed by atoms with Crippen molar-refractivity contribution >= 4 is 23.5 Å². The summed E-state index contributed by atoms with van der Waals surface area (Å²) in [6, 6.07) is 5.27. The van der Waals surface area contributed by atoms with Crippen LogP contribution in [0.4, 0.5) is 0 Å². The standard InChI is InChI=1S/C16H20ClNO4/c1-2-22-15-11(5-3-6-12(15)17)9-13(19)18-16(7-4-8-16)10-14(20)21/h3,5-6H,2,4,7-10H2,1H3,(H,18,19)(H,20,21). The lowest BCUT2D eigenvalue weighted by Gasteiger charge is -2.41. The van der Waals surface area contributed by atoms with Crippen LogP contribution in [0.2, 0.25) is 5.02 Å². The molecule has 0 aliphatic heterocycles. The normalized spacial score (nSPS) is 15.7. The molecule has 1 saturated carbocycles. The Bertz CT molecular complexity index is 569. The molecule has 0 bridgehead atoms. The second-order valence-electron chi connectivity index (χ2n) is 5.59. The minimum atomic E-state index is -0.891. The molecule has 120 valence electrons. The monoisotopic (exact) mass is 325 g/mol. The summed E-state index contributed by atoms with van der Waals surface area (Å²) in [5, 5.41) is 12.3. The van der Waals surface area contributed by atoms with Gasteiger partial charge in [-0.05, 0) is 32.3 Å². The number of amides is 1. The molecule has 1 aliphatic carbocycles. The predicted molar refractivity (Wildman–Crippen MR) is 83.3 cm³/mol. The van der Waals surface area contributed by atoms with Gasteiger partial charge in [-0.2, -0.15) is 0 Å². The molecule has 22 heavy (non-hydrogen) atoms. The van der Waals surface area contributed by atoms with E-state index < -0.39 is 11.5 Å². The lowest BCUT2D eigenvalue weighted by molar-refractivity contribution is -0.140. The Kier molecular flexibility index (Phi) is 5.29. The maximum Gasteiger partial charge on any atom is 0.305 e. The number of hydrogen-bond donors (Lipinski definition) is 2. The van der Waals surface area contributed by atoms with Crippen LogP contribution < -0.4 is 10.1 Å². The van der Waals surface area contributed by atoms with E-state index in [9.17, 15) is 9.59 Å². The highest BCUT2D eigenvalue weighted by atomic mass is 35.5. The van der Waals surface area contributed by atoms with Gasteiger partial charge < -0.3 is 15.2 Å². The van der Waals surface area contributed by atoms with Crippen molar-refractivity contribution in [3.63, 3.8) is 0 Å². The number of hydrogen-bond acceptors (Lipinski definition) is 3. The van der Waals surface area contributed by atoms with Crippen molar-refractivity contribution in [2.45, 2.75) is 44.6 Å². The van der Waals surface area contributed by atoms with Crippen molar-refractivity contribution in [2.75, 3.05) is 6.61 Å². The molecule has 0 heterocycles. The Balaban J connectivity index is 2.06. The number of aliphatic carboxylic acids is 1. The average molecular weight is 326 g/mol. The van der Waals surface area contributed by atoms with Crippen LogP contribution in [0, 0.1) is 0 Å². The highest BCUT2D eigenvalue weighted by Crippen LogP contribution is 2.35. The van der Waals surface area contributed by atoms with Gasteiger partial charge in [-0.1, -0.05) is 23.7 Å². The van der Waals surface area contributed by atoms with Crippen LogP contribution in [-0.2, 0) is 16.0 Å². The molecule has 2 N–H and O–H groups in total. The molecule has 1 amide bonds. The number of nitrogens with one attached hydrogen (secondary N) is 1. The molecule has 1 aromatic rings. The lowest BCUT2D eigenvalue weighted by Crippen LogP contribution is -2.55. The zero-order valence-electron chi connectivity index (χ0n) is 12.5. The third kappa shape index (κ3) is 3.91. The van der Waals surface area contributed by atoms with E-state index in [0.717, 1.165) is 6.42 Å². The predicted octanol–water partition coefficient (Wildman–Crippen LogP) is 2.79. The first-order chi connectivity index (χ1) is 10.5. The molecule has 0 aromatic heterocycles. The van der Waals surface area contributed by atoms with Gasteiger partial charge in [0.2, 0.25) is 5.91 Å². The van der Waals surface area contributed by atoms with Crippen molar-refractivity contribution in [1.29, 1.82) is 0 Å². The molecule has 1 fully saturated rings. The summed E-state index contributed by atoms with van der Waals surface area (Å²) in [5.74, 6) is -0.579. The molecule has 0 saturated heterocycles. The molecule has 1 aliphatic rings. The quantitative estimate of drug-likeness (QED) is 0.808. The fourth-order valence-electron chi connectivity index (χ4n) is 2.75. The molecule has 1 aromatic carbocycles. The smallest absolute Gasteiger partial charge is 0.305 e. The number of rotatable bonds is 7. The molecule has 0 atom stereocenters. The average Bonchev–Trinajstić information content (AvgIpc) is 2.39. The summed E-state index contributed by atoms with van der Waals surface area (Å²) < 4.78 is 5.50. The molecule has 0 radical (unpaired) electrons. The Morgan fingerprint density at radius 1 is 1.41 bits per heavy atom. The zero-order chi connectivity index (χ0) is 16.2. The maximum atomic E-state index is 12.3. The topological polar surface area (TPSA) is 75.6 Å². The highest BCUT2D eigenvalue weighted by molar-refractivity contribution is 6.32. The number of ether oxygens (including phenoxy) is 1. The molecular formula is C16H20ClNO4. The lowest BCUT2D eigenvalue weighted by atomic mass is 9.74. The van der Waals surface area contributed by atoms with Gasteiger partial charge in [0, 0.05) is 5.56 Å². The van der Waals surface area contributed by atoms with Gasteiger partial charge in [-0.15, -0.1) is 0 Å². The van der Waals surface area contributed by atoms with Crippen LogP contribution in [-0.4, -0.2) is 29.1 Å². The van der Waals surface area contributed by atoms with Crippen molar-refractivity contribution in [3.05, 3.63) is 28.8 Å². The van der Waals surface area contributed by atoms with E-state index in [0.29, 0.717) is 35.8 Å². The largest absolute Gasteiger partial charge is 0.492 e. The minimum Gasteiger partial charge on any atom is -0.492 e. The van der Waals surface area contributed by atoms with Gasteiger partial charge in [0.15, 0.2) is 0 Å². The summed E-state index contributed by atoms with van der Waals surface area (Å²) >= 11 is 6.10. The molecule has 0 spiro atoms. The first kappa shape index (κ1) is 16.6. The van der Waals surface area contributed by atoms with E-state index >= 15 is 0 Å². The van der Waals surface area contributed by atoms with Gasteiger partial charge >= 0.3 is 5.97 Å².